The van der Waals surface area contributed by atoms with Gasteiger partial charge in [0, 0.05) is 6.42 Å². The molecule has 0 fully saturated rings. The van der Waals surface area contributed by atoms with E-state index in [0.29, 0.717) is 17.4 Å². The molecule has 0 saturated carbocycles. The third-order valence-corrected chi connectivity index (χ3v) is 3.54. The topological polar surface area (TPSA) is 38.7 Å². The molecule has 0 amide bonds. The fraction of sp³-hybridized carbons (Fsp3) is 0.294. The molecule has 2 aromatic carbocycles. The first kappa shape index (κ1) is 15.7. The lowest BCUT2D eigenvalue weighted by molar-refractivity contribution is 0.199. The van der Waals surface area contributed by atoms with Gasteiger partial charge in [0.25, 0.3) is 0 Å². The van der Waals surface area contributed by atoms with Crippen LogP contribution in [-0.2, 0) is 6.42 Å². The smallest absolute Gasteiger partial charge is 0.137 e. The quantitative estimate of drug-likeness (QED) is 0.876. The van der Waals surface area contributed by atoms with Crippen molar-refractivity contribution in [3.05, 3.63) is 58.6 Å². The molecule has 1 N–H and O–H groups in total. The van der Waals surface area contributed by atoms with Gasteiger partial charge in [0.15, 0.2) is 0 Å². The standard InChI is InChI=1S/C17H19ClO3/c1-12(19)14-5-8-17(16(18)11-14)21-10-9-13-3-6-15(20-2)7-4-13/h3-8,11-12,19H,9-10H2,1-2H3/t12-/m0/s1. The van der Waals surface area contributed by atoms with Crippen molar-refractivity contribution in [2.24, 2.45) is 0 Å². The molecule has 0 heterocycles. The maximum atomic E-state index is 9.50. The monoisotopic (exact) mass is 306 g/mol. The van der Waals surface area contributed by atoms with Gasteiger partial charge in [-0.1, -0.05) is 29.8 Å². The number of methoxy groups -OCH3 is 1. The summed E-state index contributed by atoms with van der Waals surface area (Å²) in [5.41, 5.74) is 1.95. The molecular formula is C17H19ClO3. The van der Waals surface area contributed by atoms with E-state index < -0.39 is 6.10 Å². The van der Waals surface area contributed by atoms with E-state index in [1.54, 1.807) is 26.2 Å². The van der Waals surface area contributed by atoms with Crippen molar-refractivity contribution in [2.45, 2.75) is 19.4 Å². The minimum absolute atomic E-state index is 0.517. The normalized spacial score (nSPS) is 12.0. The molecule has 0 bridgehead atoms. The van der Waals surface area contributed by atoms with Gasteiger partial charge in [-0.05, 0) is 42.3 Å². The number of hydrogen-bond acceptors (Lipinski definition) is 3. The van der Waals surface area contributed by atoms with E-state index in [0.717, 1.165) is 17.7 Å². The summed E-state index contributed by atoms with van der Waals surface area (Å²) in [6, 6.07) is 13.2. The highest BCUT2D eigenvalue weighted by Crippen LogP contribution is 2.28. The van der Waals surface area contributed by atoms with Crippen LogP contribution in [-0.4, -0.2) is 18.8 Å². The fourth-order valence-electron chi connectivity index (χ4n) is 1.97. The Labute approximate surface area is 130 Å². The number of rotatable bonds is 6. The van der Waals surface area contributed by atoms with E-state index in [2.05, 4.69) is 0 Å². The van der Waals surface area contributed by atoms with Crippen LogP contribution < -0.4 is 9.47 Å². The first-order valence-corrected chi connectivity index (χ1v) is 7.21. The highest BCUT2D eigenvalue weighted by Gasteiger charge is 2.06. The van der Waals surface area contributed by atoms with Crippen LogP contribution in [0.5, 0.6) is 11.5 Å². The molecular weight excluding hydrogens is 288 g/mol. The molecule has 0 aliphatic rings. The van der Waals surface area contributed by atoms with Gasteiger partial charge in [0.1, 0.15) is 11.5 Å². The predicted molar refractivity (Wildman–Crippen MR) is 84.3 cm³/mol. The average Bonchev–Trinajstić information content (AvgIpc) is 2.49. The van der Waals surface area contributed by atoms with Crippen LogP contribution >= 0.6 is 11.6 Å². The average molecular weight is 307 g/mol. The second-order valence-corrected chi connectivity index (χ2v) is 5.22. The molecule has 0 spiro atoms. The first-order valence-electron chi connectivity index (χ1n) is 6.83. The lowest BCUT2D eigenvalue weighted by atomic mass is 10.1. The van der Waals surface area contributed by atoms with Crippen LogP contribution in [0.3, 0.4) is 0 Å². The van der Waals surface area contributed by atoms with Gasteiger partial charge < -0.3 is 14.6 Å². The summed E-state index contributed by atoms with van der Waals surface area (Å²) < 4.78 is 10.8. The number of hydrogen-bond donors (Lipinski definition) is 1. The zero-order chi connectivity index (χ0) is 15.2. The Bertz CT molecular complexity index is 579. The molecule has 2 rings (SSSR count). The minimum Gasteiger partial charge on any atom is -0.497 e. The molecule has 112 valence electrons. The Morgan fingerprint density at radius 3 is 2.43 bits per heavy atom. The molecule has 1 atom stereocenters. The molecule has 3 nitrogen and oxygen atoms in total. The summed E-state index contributed by atoms with van der Waals surface area (Å²) in [5.74, 6) is 1.48. The molecule has 0 radical (unpaired) electrons. The summed E-state index contributed by atoms with van der Waals surface area (Å²) in [6.07, 6.45) is 0.259. The summed E-state index contributed by atoms with van der Waals surface area (Å²) in [6.45, 7) is 2.25. The SMILES string of the molecule is COc1ccc(CCOc2ccc([C@H](C)O)cc2Cl)cc1. The van der Waals surface area contributed by atoms with E-state index in [4.69, 9.17) is 21.1 Å². The molecule has 4 heteroatoms. The van der Waals surface area contributed by atoms with E-state index in [-0.39, 0.29) is 0 Å². The third-order valence-electron chi connectivity index (χ3n) is 3.25. The second kappa shape index (κ2) is 7.34. The van der Waals surface area contributed by atoms with Gasteiger partial charge in [-0.3, -0.25) is 0 Å². The van der Waals surface area contributed by atoms with Crippen LogP contribution in [0.25, 0.3) is 0 Å². The van der Waals surface area contributed by atoms with Crippen LogP contribution in [0.2, 0.25) is 5.02 Å². The van der Waals surface area contributed by atoms with Gasteiger partial charge in [-0.15, -0.1) is 0 Å². The van der Waals surface area contributed by atoms with Crippen molar-refractivity contribution in [1.82, 2.24) is 0 Å². The van der Waals surface area contributed by atoms with Crippen LogP contribution in [0.1, 0.15) is 24.2 Å². The molecule has 0 aliphatic heterocycles. The van der Waals surface area contributed by atoms with Gasteiger partial charge >= 0.3 is 0 Å². The number of aliphatic hydroxyl groups is 1. The van der Waals surface area contributed by atoms with Gasteiger partial charge in [0.05, 0.1) is 24.8 Å². The first-order chi connectivity index (χ1) is 10.1. The molecule has 21 heavy (non-hydrogen) atoms. The highest BCUT2D eigenvalue weighted by molar-refractivity contribution is 6.32. The maximum absolute atomic E-state index is 9.50. The summed E-state index contributed by atoms with van der Waals surface area (Å²) in [4.78, 5) is 0. The molecule has 0 unspecified atom stereocenters. The molecule has 0 aromatic heterocycles. The summed E-state index contributed by atoms with van der Waals surface area (Å²) in [7, 11) is 1.65. The largest absolute Gasteiger partial charge is 0.497 e. The predicted octanol–water partition coefficient (Wildman–Crippen LogP) is 4.02. The van der Waals surface area contributed by atoms with Crippen LogP contribution in [0, 0.1) is 0 Å². The van der Waals surface area contributed by atoms with Gasteiger partial charge in [-0.2, -0.15) is 0 Å². The van der Waals surface area contributed by atoms with E-state index in [1.807, 2.05) is 30.3 Å². The molecule has 2 aromatic rings. The van der Waals surface area contributed by atoms with Crippen LogP contribution in [0.4, 0.5) is 0 Å². The number of halogens is 1. The van der Waals surface area contributed by atoms with Crippen LogP contribution in [0.15, 0.2) is 42.5 Å². The summed E-state index contributed by atoms with van der Waals surface area (Å²) >= 11 is 6.14. The van der Waals surface area contributed by atoms with E-state index in [9.17, 15) is 5.11 Å². The van der Waals surface area contributed by atoms with Crippen molar-refractivity contribution in [3.8, 4) is 11.5 Å². The van der Waals surface area contributed by atoms with Crippen molar-refractivity contribution in [1.29, 1.82) is 0 Å². The van der Waals surface area contributed by atoms with Crippen molar-refractivity contribution in [3.63, 3.8) is 0 Å². The Morgan fingerprint density at radius 1 is 1.14 bits per heavy atom. The van der Waals surface area contributed by atoms with E-state index in [1.165, 1.54) is 5.56 Å². The number of ether oxygens (including phenoxy) is 2. The zero-order valence-corrected chi connectivity index (χ0v) is 12.9. The number of aliphatic hydroxyl groups excluding tert-OH is 1. The molecule has 0 saturated heterocycles. The molecule has 0 aliphatic carbocycles. The Morgan fingerprint density at radius 2 is 1.86 bits per heavy atom. The minimum atomic E-state index is -0.532. The zero-order valence-electron chi connectivity index (χ0n) is 12.2. The lowest BCUT2D eigenvalue weighted by Crippen LogP contribution is -2.02. The third kappa shape index (κ3) is 4.38. The Balaban J connectivity index is 1.90. The maximum Gasteiger partial charge on any atom is 0.137 e. The Hall–Kier alpha value is -1.71. The fourth-order valence-corrected chi connectivity index (χ4v) is 2.21. The van der Waals surface area contributed by atoms with E-state index >= 15 is 0 Å². The highest BCUT2D eigenvalue weighted by atomic mass is 35.5. The van der Waals surface area contributed by atoms with Gasteiger partial charge in [-0.25, -0.2) is 0 Å². The number of benzene rings is 2. The second-order valence-electron chi connectivity index (χ2n) is 4.81. The van der Waals surface area contributed by atoms with Crippen molar-refractivity contribution >= 4 is 11.6 Å². The Kier molecular flexibility index (Phi) is 5.48. The van der Waals surface area contributed by atoms with Crippen molar-refractivity contribution in [2.75, 3.05) is 13.7 Å². The summed E-state index contributed by atoms with van der Waals surface area (Å²) in [5, 5.41) is 10.0. The lowest BCUT2D eigenvalue weighted by Gasteiger charge is -2.11. The van der Waals surface area contributed by atoms with Gasteiger partial charge in [0.2, 0.25) is 0 Å². The van der Waals surface area contributed by atoms with Crippen molar-refractivity contribution < 1.29 is 14.6 Å².